The zero-order valence-corrected chi connectivity index (χ0v) is 13.6. The molecule has 0 saturated carbocycles. The molecule has 3 rings (SSSR count). The van der Waals surface area contributed by atoms with Gasteiger partial charge in [0.15, 0.2) is 10.8 Å². The summed E-state index contributed by atoms with van der Waals surface area (Å²) in [6.07, 6.45) is 3.73. The van der Waals surface area contributed by atoms with Crippen molar-refractivity contribution in [1.29, 1.82) is 0 Å². The maximum Gasteiger partial charge on any atom is 0.230 e. The number of nitrogens with one attached hydrogen (secondary N) is 1. The van der Waals surface area contributed by atoms with E-state index in [9.17, 15) is 0 Å². The first-order chi connectivity index (χ1) is 11.3. The summed E-state index contributed by atoms with van der Waals surface area (Å²) in [6.45, 7) is 1.57. The molecule has 6 nitrogen and oxygen atoms in total. The van der Waals surface area contributed by atoms with Crippen LogP contribution in [0.4, 0.5) is 11.6 Å². The lowest BCUT2D eigenvalue weighted by atomic mass is 10.3. The van der Waals surface area contributed by atoms with Crippen molar-refractivity contribution in [1.82, 2.24) is 19.5 Å². The molecule has 0 atom stereocenters. The molecule has 0 aliphatic rings. The molecule has 7 heteroatoms. The maximum absolute atomic E-state index is 6.24. The summed E-state index contributed by atoms with van der Waals surface area (Å²) in [7, 11) is 1.71. The molecule has 0 aliphatic carbocycles. The SMILES string of the molecule is COCCCCn1cnc2c(Cl)nc(Nc3ccccc3)nc21. The van der Waals surface area contributed by atoms with Crippen molar-refractivity contribution in [3.05, 3.63) is 41.8 Å². The molecule has 0 unspecified atom stereocenters. The minimum Gasteiger partial charge on any atom is -0.385 e. The third kappa shape index (κ3) is 3.78. The van der Waals surface area contributed by atoms with Gasteiger partial charge in [0, 0.05) is 25.9 Å². The van der Waals surface area contributed by atoms with Crippen LogP contribution >= 0.6 is 11.6 Å². The van der Waals surface area contributed by atoms with E-state index in [-0.39, 0.29) is 0 Å². The molecule has 1 N–H and O–H groups in total. The van der Waals surface area contributed by atoms with Crippen molar-refractivity contribution in [2.75, 3.05) is 19.0 Å². The summed E-state index contributed by atoms with van der Waals surface area (Å²) in [6, 6.07) is 9.75. The second kappa shape index (κ2) is 7.39. The number of aryl methyl sites for hydroxylation is 1. The molecular formula is C16H18ClN5O. The minimum absolute atomic E-state index is 0.351. The summed E-state index contributed by atoms with van der Waals surface area (Å²) in [5, 5.41) is 3.51. The van der Waals surface area contributed by atoms with E-state index in [0.29, 0.717) is 16.6 Å². The highest BCUT2D eigenvalue weighted by molar-refractivity contribution is 6.33. The number of aromatic nitrogens is 4. The van der Waals surface area contributed by atoms with Gasteiger partial charge in [0.1, 0.15) is 5.52 Å². The largest absolute Gasteiger partial charge is 0.385 e. The Hall–Kier alpha value is -2.18. The first-order valence-electron chi connectivity index (χ1n) is 7.47. The van der Waals surface area contributed by atoms with Crippen LogP contribution in [0.5, 0.6) is 0 Å². The van der Waals surface area contributed by atoms with Crippen LogP contribution in [0.25, 0.3) is 11.2 Å². The summed E-state index contributed by atoms with van der Waals surface area (Å²) < 4.78 is 7.07. The average molecular weight is 332 g/mol. The summed E-state index contributed by atoms with van der Waals surface area (Å²) >= 11 is 6.24. The van der Waals surface area contributed by atoms with Crippen LogP contribution in [0.3, 0.4) is 0 Å². The number of imidazole rings is 1. The second-order valence-electron chi connectivity index (χ2n) is 5.14. The smallest absolute Gasteiger partial charge is 0.230 e. The Morgan fingerprint density at radius 3 is 2.78 bits per heavy atom. The molecule has 2 aromatic heterocycles. The third-order valence-electron chi connectivity index (χ3n) is 3.45. The van der Waals surface area contributed by atoms with E-state index >= 15 is 0 Å². The van der Waals surface area contributed by atoms with Crippen molar-refractivity contribution in [2.45, 2.75) is 19.4 Å². The molecule has 0 bridgehead atoms. The van der Waals surface area contributed by atoms with Gasteiger partial charge >= 0.3 is 0 Å². The van der Waals surface area contributed by atoms with Crippen LogP contribution in [-0.4, -0.2) is 33.2 Å². The maximum atomic E-state index is 6.24. The van der Waals surface area contributed by atoms with Gasteiger partial charge in [0.2, 0.25) is 5.95 Å². The number of para-hydroxylation sites is 1. The Balaban J connectivity index is 1.83. The molecule has 0 aliphatic heterocycles. The number of methoxy groups -OCH3 is 1. The lowest BCUT2D eigenvalue weighted by Gasteiger charge is -2.07. The highest BCUT2D eigenvalue weighted by Crippen LogP contribution is 2.22. The lowest BCUT2D eigenvalue weighted by Crippen LogP contribution is -2.03. The molecule has 0 spiro atoms. The topological polar surface area (TPSA) is 64.9 Å². The monoisotopic (exact) mass is 331 g/mol. The molecule has 3 aromatic rings. The normalized spacial score (nSPS) is 11.0. The van der Waals surface area contributed by atoms with Crippen LogP contribution < -0.4 is 5.32 Å². The van der Waals surface area contributed by atoms with E-state index in [4.69, 9.17) is 16.3 Å². The van der Waals surface area contributed by atoms with Crippen LogP contribution in [0.2, 0.25) is 5.15 Å². The lowest BCUT2D eigenvalue weighted by molar-refractivity contribution is 0.191. The van der Waals surface area contributed by atoms with E-state index in [0.717, 1.165) is 37.3 Å². The van der Waals surface area contributed by atoms with Crippen LogP contribution in [0.15, 0.2) is 36.7 Å². The van der Waals surface area contributed by atoms with Gasteiger partial charge in [-0.15, -0.1) is 0 Å². The Morgan fingerprint density at radius 2 is 2.00 bits per heavy atom. The molecule has 0 radical (unpaired) electrons. The molecule has 2 heterocycles. The second-order valence-corrected chi connectivity index (χ2v) is 5.50. The Labute approximate surface area is 139 Å². The number of hydrogen-bond acceptors (Lipinski definition) is 5. The molecule has 0 amide bonds. The van der Waals surface area contributed by atoms with Gasteiger partial charge in [-0.05, 0) is 25.0 Å². The fraction of sp³-hybridized carbons (Fsp3) is 0.312. The fourth-order valence-corrected chi connectivity index (χ4v) is 2.52. The average Bonchev–Trinajstić information content (AvgIpc) is 2.96. The first kappa shape index (κ1) is 15.7. The van der Waals surface area contributed by atoms with Gasteiger partial charge in [0.25, 0.3) is 0 Å². The number of fused-ring (bicyclic) bond motifs is 1. The van der Waals surface area contributed by atoms with E-state index in [1.165, 1.54) is 0 Å². The predicted octanol–water partition coefficient (Wildman–Crippen LogP) is 3.65. The number of ether oxygens (including phenoxy) is 1. The van der Waals surface area contributed by atoms with Crippen LogP contribution in [0, 0.1) is 0 Å². The number of nitrogens with zero attached hydrogens (tertiary/aromatic N) is 4. The highest BCUT2D eigenvalue weighted by atomic mass is 35.5. The third-order valence-corrected chi connectivity index (χ3v) is 3.71. The highest BCUT2D eigenvalue weighted by Gasteiger charge is 2.12. The van der Waals surface area contributed by atoms with E-state index in [1.54, 1.807) is 13.4 Å². The van der Waals surface area contributed by atoms with Crippen molar-refractivity contribution >= 4 is 34.4 Å². The number of hydrogen-bond donors (Lipinski definition) is 1. The zero-order chi connectivity index (χ0) is 16.1. The van der Waals surface area contributed by atoms with E-state index < -0.39 is 0 Å². The van der Waals surface area contributed by atoms with Crippen molar-refractivity contribution in [3.8, 4) is 0 Å². The number of benzene rings is 1. The van der Waals surface area contributed by atoms with Crippen molar-refractivity contribution in [2.24, 2.45) is 0 Å². The molecule has 120 valence electrons. The number of halogens is 1. The van der Waals surface area contributed by atoms with Gasteiger partial charge < -0.3 is 14.6 Å². The van der Waals surface area contributed by atoms with Gasteiger partial charge in [-0.25, -0.2) is 4.98 Å². The minimum atomic E-state index is 0.351. The van der Waals surface area contributed by atoms with Crippen LogP contribution in [-0.2, 0) is 11.3 Å². The number of rotatable bonds is 7. The molecule has 0 fully saturated rings. The van der Waals surface area contributed by atoms with Gasteiger partial charge in [0.05, 0.1) is 6.33 Å². The van der Waals surface area contributed by atoms with Crippen molar-refractivity contribution < 1.29 is 4.74 Å². The first-order valence-corrected chi connectivity index (χ1v) is 7.85. The molecule has 0 saturated heterocycles. The number of unbranched alkanes of at least 4 members (excludes halogenated alkanes) is 1. The van der Waals surface area contributed by atoms with Gasteiger partial charge in [-0.2, -0.15) is 9.97 Å². The number of anilines is 2. The summed E-state index contributed by atoms with van der Waals surface area (Å²) in [5.41, 5.74) is 2.27. The Bertz CT molecular complexity index is 775. The van der Waals surface area contributed by atoms with Crippen molar-refractivity contribution in [3.63, 3.8) is 0 Å². The standard InChI is InChI=1S/C16H18ClN5O/c1-23-10-6-5-9-22-11-18-13-14(17)20-16(21-15(13)22)19-12-7-3-2-4-8-12/h2-4,7-8,11H,5-6,9-10H2,1H3,(H,19,20,21). The summed E-state index contributed by atoms with van der Waals surface area (Å²) in [4.78, 5) is 13.1. The fourth-order valence-electron chi connectivity index (χ4n) is 2.31. The van der Waals surface area contributed by atoms with Gasteiger partial charge in [-0.3, -0.25) is 0 Å². The molecule has 1 aromatic carbocycles. The molecule has 23 heavy (non-hydrogen) atoms. The quantitative estimate of drug-likeness (QED) is 0.529. The Morgan fingerprint density at radius 1 is 1.17 bits per heavy atom. The van der Waals surface area contributed by atoms with E-state index in [2.05, 4.69) is 20.3 Å². The zero-order valence-electron chi connectivity index (χ0n) is 12.9. The molecular weight excluding hydrogens is 314 g/mol. The van der Waals surface area contributed by atoms with E-state index in [1.807, 2.05) is 34.9 Å². The summed E-state index contributed by atoms with van der Waals surface area (Å²) in [5.74, 6) is 0.465. The van der Waals surface area contributed by atoms with Gasteiger partial charge in [-0.1, -0.05) is 29.8 Å². The Kier molecular flexibility index (Phi) is 5.05. The van der Waals surface area contributed by atoms with Crippen LogP contribution in [0.1, 0.15) is 12.8 Å². The predicted molar refractivity (Wildman–Crippen MR) is 91.2 cm³/mol.